The van der Waals surface area contributed by atoms with Crippen LogP contribution in [0.25, 0.3) is 0 Å². The summed E-state index contributed by atoms with van der Waals surface area (Å²) in [5.74, 6) is -0.0974. The fraction of sp³-hybridized carbons (Fsp3) is 0.294. The molecule has 0 spiro atoms. The number of hydrogen-bond acceptors (Lipinski definition) is 2. The molecule has 1 unspecified atom stereocenters. The fourth-order valence-electron chi connectivity index (χ4n) is 2.17. The number of hydrogen-bond donors (Lipinski definition) is 1. The third kappa shape index (κ3) is 3.81. The molecule has 0 radical (unpaired) electrons. The van der Waals surface area contributed by atoms with Crippen molar-refractivity contribution in [2.24, 2.45) is 0 Å². The van der Waals surface area contributed by atoms with Crippen molar-refractivity contribution in [2.75, 3.05) is 0 Å². The average molecular weight is 274 g/mol. The number of aliphatic hydroxyl groups excluding tert-OH is 1. The van der Waals surface area contributed by atoms with E-state index in [9.17, 15) is 9.50 Å². The predicted molar refractivity (Wildman–Crippen MR) is 77.3 cm³/mol. The molecule has 20 heavy (non-hydrogen) atoms. The SMILES string of the molecule is Cc1cc(CC(C)O)cc(F)c1OCc1ccccc1. The van der Waals surface area contributed by atoms with Crippen LogP contribution in [0, 0.1) is 12.7 Å². The van der Waals surface area contributed by atoms with E-state index in [0.29, 0.717) is 13.0 Å². The summed E-state index contributed by atoms with van der Waals surface area (Å²) in [6, 6.07) is 12.9. The van der Waals surface area contributed by atoms with Crippen LogP contribution in [-0.4, -0.2) is 11.2 Å². The second-order valence-corrected chi connectivity index (χ2v) is 5.05. The minimum absolute atomic E-state index is 0.281. The fourth-order valence-corrected chi connectivity index (χ4v) is 2.17. The molecule has 1 N–H and O–H groups in total. The molecule has 0 aliphatic carbocycles. The van der Waals surface area contributed by atoms with Crippen molar-refractivity contribution in [2.45, 2.75) is 33.0 Å². The summed E-state index contributed by atoms with van der Waals surface area (Å²) in [4.78, 5) is 0. The molecule has 0 bridgehead atoms. The molecule has 0 amide bonds. The van der Waals surface area contributed by atoms with E-state index in [2.05, 4.69) is 0 Å². The van der Waals surface area contributed by atoms with E-state index < -0.39 is 6.10 Å². The highest BCUT2D eigenvalue weighted by Gasteiger charge is 2.11. The first-order chi connectivity index (χ1) is 9.56. The van der Waals surface area contributed by atoms with Crippen LogP contribution in [0.15, 0.2) is 42.5 Å². The molecule has 0 aromatic heterocycles. The maximum Gasteiger partial charge on any atom is 0.165 e. The minimum Gasteiger partial charge on any atom is -0.486 e. The quantitative estimate of drug-likeness (QED) is 0.902. The van der Waals surface area contributed by atoms with Crippen molar-refractivity contribution in [3.63, 3.8) is 0 Å². The molecule has 0 saturated heterocycles. The van der Waals surface area contributed by atoms with Gasteiger partial charge in [0.25, 0.3) is 0 Å². The molecule has 2 aromatic rings. The third-order valence-corrected chi connectivity index (χ3v) is 3.05. The minimum atomic E-state index is -0.482. The molecular formula is C17H19FO2. The summed E-state index contributed by atoms with van der Waals surface area (Å²) >= 11 is 0. The van der Waals surface area contributed by atoms with Gasteiger partial charge in [-0.1, -0.05) is 36.4 Å². The number of aliphatic hydroxyl groups is 1. The van der Waals surface area contributed by atoms with Gasteiger partial charge in [0, 0.05) is 0 Å². The van der Waals surface area contributed by atoms with E-state index in [4.69, 9.17) is 4.74 Å². The van der Waals surface area contributed by atoms with Gasteiger partial charge in [0.1, 0.15) is 6.61 Å². The largest absolute Gasteiger partial charge is 0.486 e. The predicted octanol–water partition coefficient (Wildman–Crippen LogP) is 3.64. The smallest absolute Gasteiger partial charge is 0.165 e. The molecule has 0 fully saturated rings. The van der Waals surface area contributed by atoms with Crippen LogP contribution in [0.5, 0.6) is 5.75 Å². The summed E-state index contributed by atoms with van der Waals surface area (Å²) in [6.45, 7) is 3.84. The Kier molecular flexibility index (Phi) is 4.74. The summed E-state index contributed by atoms with van der Waals surface area (Å²) in [7, 11) is 0. The van der Waals surface area contributed by atoms with Crippen LogP contribution in [0.4, 0.5) is 4.39 Å². The average Bonchev–Trinajstić information content (AvgIpc) is 2.38. The van der Waals surface area contributed by atoms with Crippen molar-refractivity contribution in [3.8, 4) is 5.75 Å². The summed E-state index contributed by atoms with van der Waals surface area (Å²) in [5.41, 5.74) is 2.53. The van der Waals surface area contributed by atoms with Crippen LogP contribution >= 0.6 is 0 Å². The maximum atomic E-state index is 14.1. The molecule has 0 aliphatic rings. The normalized spacial score (nSPS) is 12.2. The second-order valence-electron chi connectivity index (χ2n) is 5.05. The van der Waals surface area contributed by atoms with Crippen LogP contribution in [-0.2, 0) is 13.0 Å². The van der Waals surface area contributed by atoms with Gasteiger partial charge in [0.2, 0.25) is 0 Å². The van der Waals surface area contributed by atoms with E-state index in [1.165, 1.54) is 6.07 Å². The van der Waals surface area contributed by atoms with E-state index in [-0.39, 0.29) is 11.6 Å². The van der Waals surface area contributed by atoms with Gasteiger partial charge in [0.15, 0.2) is 11.6 Å². The lowest BCUT2D eigenvalue weighted by Gasteiger charge is -2.13. The Morgan fingerprint density at radius 1 is 1.15 bits per heavy atom. The molecule has 106 valence electrons. The van der Waals surface area contributed by atoms with E-state index in [1.54, 1.807) is 6.92 Å². The molecule has 0 aliphatic heterocycles. The lowest BCUT2D eigenvalue weighted by Crippen LogP contribution is -2.06. The van der Waals surface area contributed by atoms with Crippen molar-refractivity contribution in [3.05, 3.63) is 65.0 Å². The molecule has 3 heteroatoms. The molecular weight excluding hydrogens is 255 g/mol. The Balaban J connectivity index is 2.12. The third-order valence-electron chi connectivity index (χ3n) is 3.05. The van der Waals surface area contributed by atoms with Gasteiger partial charge in [-0.15, -0.1) is 0 Å². The Bertz CT molecular complexity index is 541. The summed E-state index contributed by atoms with van der Waals surface area (Å²) < 4.78 is 19.6. The van der Waals surface area contributed by atoms with Gasteiger partial charge in [0.05, 0.1) is 6.10 Å². The lowest BCUT2D eigenvalue weighted by molar-refractivity contribution is 0.195. The first-order valence-electron chi connectivity index (χ1n) is 6.70. The zero-order valence-electron chi connectivity index (χ0n) is 11.8. The first kappa shape index (κ1) is 14.5. The molecule has 2 rings (SSSR count). The van der Waals surface area contributed by atoms with Gasteiger partial charge in [-0.2, -0.15) is 0 Å². The van der Waals surface area contributed by atoms with Crippen molar-refractivity contribution < 1.29 is 14.2 Å². The first-order valence-corrected chi connectivity index (χ1v) is 6.70. The lowest BCUT2D eigenvalue weighted by atomic mass is 10.0. The van der Waals surface area contributed by atoms with Crippen molar-refractivity contribution in [1.82, 2.24) is 0 Å². The highest BCUT2D eigenvalue weighted by atomic mass is 19.1. The van der Waals surface area contributed by atoms with Crippen molar-refractivity contribution in [1.29, 1.82) is 0 Å². The molecule has 1 atom stereocenters. The Hall–Kier alpha value is -1.87. The zero-order valence-corrected chi connectivity index (χ0v) is 11.8. The number of benzene rings is 2. The van der Waals surface area contributed by atoms with Crippen LogP contribution in [0.2, 0.25) is 0 Å². The van der Waals surface area contributed by atoms with Gasteiger partial charge in [-0.05, 0) is 43.0 Å². The van der Waals surface area contributed by atoms with E-state index in [1.807, 2.05) is 43.3 Å². The molecule has 2 aromatic carbocycles. The van der Waals surface area contributed by atoms with Crippen LogP contribution in [0.1, 0.15) is 23.6 Å². The zero-order chi connectivity index (χ0) is 14.5. The van der Waals surface area contributed by atoms with E-state index in [0.717, 1.165) is 16.7 Å². The summed E-state index contributed by atoms with van der Waals surface area (Å²) in [6.07, 6.45) is -0.0404. The monoisotopic (exact) mass is 274 g/mol. The van der Waals surface area contributed by atoms with Gasteiger partial charge < -0.3 is 9.84 Å². The number of rotatable bonds is 5. The van der Waals surface area contributed by atoms with Crippen molar-refractivity contribution >= 4 is 0 Å². The molecule has 0 heterocycles. The second kappa shape index (κ2) is 6.53. The van der Waals surface area contributed by atoms with Crippen LogP contribution in [0.3, 0.4) is 0 Å². The van der Waals surface area contributed by atoms with Crippen LogP contribution < -0.4 is 4.74 Å². The molecule has 0 saturated carbocycles. The Morgan fingerprint density at radius 2 is 1.85 bits per heavy atom. The maximum absolute atomic E-state index is 14.1. The van der Waals surface area contributed by atoms with Gasteiger partial charge in [-0.3, -0.25) is 0 Å². The summed E-state index contributed by atoms with van der Waals surface area (Å²) in [5, 5.41) is 9.36. The number of halogens is 1. The number of aryl methyl sites for hydroxylation is 1. The van der Waals surface area contributed by atoms with E-state index >= 15 is 0 Å². The highest BCUT2D eigenvalue weighted by Crippen LogP contribution is 2.25. The standard InChI is InChI=1S/C17H19FO2/c1-12-8-15(9-13(2)19)10-16(18)17(12)20-11-14-6-4-3-5-7-14/h3-8,10,13,19H,9,11H2,1-2H3. The van der Waals surface area contributed by atoms with Gasteiger partial charge >= 0.3 is 0 Å². The Labute approximate surface area is 118 Å². The Morgan fingerprint density at radius 3 is 2.45 bits per heavy atom. The number of ether oxygens (including phenoxy) is 1. The van der Waals surface area contributed by atoms with Gasteiger partial charge in [-0.25, -0.2) is 4.39 Å². The topological polar surface area (TPSA) is 29.5 Å². The highest BCUT2D eigenvalue weighted by molar-refractivity contribution is 5.38. The molecule has 2 nitrogen and oxygen atoms in total.